The normalized spacial score (nSPS) is 12.9. The minimum atomic E-state index is 0.0902. The van der Waals surface area contributed by atoms with Crippen molar-refractivity contribution in [3.8, 4) is 0 Å². The van der Waals surface area contributed by atoms with E-state index in [0.29, 0.717) is 19.1 Å². The molecule has 0 fully saturated rings. The van der Waals surface area contributed by atoms with Crippen LogP contribution in [0.25, 0.3) is 0 Å². The van der Waals surface area contributed by atoms with Crippen LogP contribution in [0.4, 0.5) is 0 Å². The molecule has 0 aromatic heterocycles. The number of hydrogen-bond acceptors (Lipinski definition) is 3. The van der Waals surface area contributed by atoms with E-state index < -0.39 is 0 Å². The summed E-state index contributed by atoms with van der Waals surface area (Å²) in [5.41, 5.74) is 1.17. The van der Waals surface area contributed by atoms with Crippen LogP contribution in [-0.4, -0.2) is 32.9 Å². The van der Waals surface area contributed by atoms with Crippen molar-refractivity contribution in [1.29, 1.82) is 0 Å². The smallest absolute Gasteiger partial charge is 0.0936 e. The summed E-state index contributed by atoms with van der Waals surface area (Å²) in [6, 6.07) is 8.19. The summed E-state index contributed by atoms with van der Waals surface area (Å²) in [7, 11) is 1.71. The average molecular weight is 330 g/mol. The number of hydrogen-bond donors (Lipinski definition) is 1. The number of rotatable bonds is 9. The molecule has 1 unspecified atom stereocenters. The lowest BCUT2D eigenvalue weighted by Gasteiger charge is -2.18. The molecule has 19 heavy (non-hydrogen) atoms. The van der Waals surface area contributed by atoms with Crippen LogP contribution in [0.3, 0.4) is 0 Å². The molecule has 1 N–H and O–H groups in total. The van der Waals surface area contributed by atoms with Crippen molar-refractivity contribution in [3.05, 3.63) is 34.3 Å². The van der Waals surface area contributed by atoms with Crippen LogP contribution in [0.1, 0.15) is 19.4 Å². The van der Waals surface area contributed by atoms with E-state index >= 15 is 0 Å². The molecule has 4 heteroatoms. The number of halogens is 1. The predicted molar refractivity (Wildman–Crippen MR) is 82.3 cm³/mol. The van der Waals surface area contributed by atoms with Gasteiger partial charge in [-0.1, -0.05) is 41.9 Å². The number of ether oxygens (including phenoxy) is 2. The summed E-state index contributed by atoms with van der Waals surface area (Å²) in [5.74, 6) is 0.648. The zero-order valence-electron chi connectivity index (χ0n) is 12.0. The van der Waals surface area contributed by atoms with Gasteiger partial charge in [0.05, 0.1) is 19.3 Å². The first-order valence-corrected chi connectivity index (χ1v) is 7.46. The minimum Gasteiger partial charge on any atom is -0.382 e. The van der Waals surface area contributed by atoms with Gasteiger partial charge in [-0.2, -0.15) is 0 Å². The molecule has 0 aliphatic carbocycles. The van der Waals surface area contributed by atoms with Crippen LogP contribution < -0.4 is 5.32 Å². The highest BCUT2D eigenvalue weighted by atomic mass is 79.9. The van der Waals surface area contributed by atoms with Crippen LogP contribution in [0, 0.1) is 5.92 Å². The Morgan fingerprint density at radius 2 is 1.84 bits per heavy atom. The van der Waals surface area contributed by atoms with Gasteiger partial charge in [0.1, 0.15) is 0 Å². The van der Waals surface area contributed by atoms with Gasteiger partial charge < -0.3 is 14.8 Å². The first kappa shape index (κ1) is 16.6. The van der Waals surface area contributed by atoms with Gasteiger partial charge >= 0.3 is 0 Å². The molecule has 1 atom stereocenters. The van der Waals surface area contributed by atoms with Gasteiger partial charge in [0.2, 0.25) is 0 Å². The lowest BCUT2D eigenvalue weighted by Crippen LogP contribution is -2.34. The van der Waals surface area contributed by atoms with Crippen LogP contribution in [0.5, 0.6) is 0 Å². The Bertz CT molecular complexity index is 341. The largest absolute Gasteiger partial charge is 0.382 e. The van der Waals surface area contributed by atoms with Gasteiger partial charge in [0.15, 0.2) is 0 Å². The van der Waals surface area contributed by atoms with Crippen molar-refractivity contribution >= 4 is 15.9 Å². The molecular formula is C15H24BrNO2. The molecule has 0 spiro atoms. The van der Waals surface area contributed by atoms with Gasteiger partial charge in [-0.25, -0.2) is 0 Å². The SMILES string of the molecule is COCC(CNCC(C)C)OCc1ccc(Br)cc1. The van der Waals surface area contributed by atoms with E-state index in [1.54, 1.807) is 7.11 Å². The van der Waals surface area contributed by atoms with Crippen molar-refractivity contribution in [2.75, 3.05) is 26.8 Å². The predicted octanol–water partition coefficient (Wildman–Crippen LogP) is 3.23. The van der Waals surface area contributed by atoms with Crippen LogP contribution in [-0.2, 0) is 16.1 Å². The Morgan fingerprint density at radius 3 is 2.42 bits per heavy atom. The monoisotopic (exact) mass is 329 g/mol. The number of nitrogens with one attached hydrogen (secondary N) is 1. The zero-order chi connectivity index (χ0) is 14.1. The van der Waals surface area contributed by atoms with E-state index in [2.05, 4.69) is 47.2 Å². The van der Waals surface area contributed by atoms with Crippen molar-refractivity contribution in [2.45, 2.75) is 26.6 Å². The maximum Gasteiger partial charge on any atom is 0.0936 e. The lowest BCUT2D eigenvalue weighted by atomic mass is 10.2. The van der Waals surface area contributed by atoms with Crippen LogP contribution >= 0.6 is 15.9 Å². The van der Waals surface area contributed by atoms with Gasteiger partial charge in [0, 0.05) is 18.1 Å². The standard InChI is InChI=1S/C15H24BrNO2/c1-12(2)8-17-9-15(11-18-3)19-10-13-4-6-14(16)7-5-13/h4-7,12,15,17H,8-11H2,1-3H3. The van der Waals surface area contributed by atoms with Gasteiger partial charge in [0.25, 0.3) is 0 Å². The summed E-state index contributed by atoms with van der Waals surface area (Å²) in [6.07, 6.45) is 0.0902. The molecule has 0 aliphatic heterocycles. The van der Waals surface area contributed by atoms with E-state index in [0.717, 1.165) is 17.6 Å². The van der Waals surface area contributed by atoms with Gasteiger partial charge in [-0.3, -0.25) is 0 Å². The van der Waals surface area contributed by atoms with E-state index in [1.165, 1.54) is 5.56 Å². The quantitative estimate of drug-likeness (QED) is 0.754. The van der Waals surface area contributed by atoms with Crippen LogP contribution in [0.2, 0.25) is 0 Å². The molecule has 0 bridgehead atoms. The van der Waals surface area contributed by atoms with Gasteiger partial charge in [-0.15, -0.1) is 0 Å². The minimum absolute atomic E-state index is 0.0902. The second kappa shape index (κ2) is 9.48. The van der Waals surface area contributed by atoms with E-state index in [1.807, 2.05) is 12.1 Å². The van der Waals surface area contributed by atoms with E-state index in [4.69, 9.17) is 9.47 Å². The lowest BCUT2D eigenvalue weighted by molar-refractivity contribution is -0.0103. The second-order valence-corrected chi connectivity index (χ2v) is 5.98. The molecule has 3 nitrogen and oxygen atoms in total. The molecule has 0 saturated carbocycles. The maximum atomic E-state index is 5.89. The summed E-state index contributed by atoms with van der Waals surface area (Å²) in [4.78, 5) is 0. The van der Waals surface area contributed by atoms with Crippen molar-refractivity contribution in [2.24, 2.45) is 5.92 Å². The summed E-state index contributed by atoms with van der Waals surface area (Å²) in [5, 5.41) is 3.40. The topological polar surface area (TPSA) is 30.5 Å². The van der Waals surface area contributed by atoms with E-state index in [9.17, 15) is 0 Å². The maximum absolute atomic E-state index is 5.89. The highest BCUT2D eigenvalue weighted by molar-refractivity contribution is 9.10. The Hall–Kier alpha value is -0.420. The third-order valence-corrected chi connectivity index (χ3v) is 3.20. The van der Waals surface area contributed by atoms with Crippen molar-refractivity contribution in [3.63, 3.8) is 0 Å². The zero-order valence-corrected chi connectivity index (χ0v) is 13.6. The number of benzene rings is 1. The molecule has 0 aliphatic rings. The van der Waals surface area contributed by atoms with Crippen molar-refractivity contribution < 1.29 is 9.47 Å². The first-order valence-electron chi connectivity index (χ1n) is 6.67. The van der Waals surface area contributed by atoms with E-state index in [-0.39, 0.29) is 6.10 Å². The van der Waals surface area contributed by atoms with Gasteiger partial charge in [-0.05, 0) is 30.2 Å². The summed E-state index contributed by atoms with van der Waals surface area (Å²) in [6.45, 7) is 7.44. The average Bonchev–Trinajstić information content (AvgIpc) is 2.37. The van der Waals surface area contributed by atoms with Crippen molar-refractivity contribution in [1.82, 2.24) is 5.32 Å². The first-order chi connectivity index (χ1) is 9.11. The number of methoxy groups -OCH3 is 1. The third kappa shape index (κ3) is 7.67. The fraction of sp³-hybridized carbons (Fsp3) is 0.600. The fourth-order valence-electron chi connectivity index (χ4n) is 1.68. The summed E-state index contributed by atoms with van der Waals surface area (Å²) >= 11 is 3.43. The highest BCUT2D eigenvalue weighted by Gasteiger charge is 2.09. The molecular weight excluding hydrogens is 306 g/mol. The molecule has 0 radical (unpaired) electrons. The molecule has 1 rings (SSSR count). The molecule has 0 saturated heterocycles. The summed E-state index contributed by atoms with van der Waals surface area (Å²) < 4.78 is 12.2. The van der Waals surface area contributed by atoms with Crippen LogP contribution in [0.15, 0.2) is 28.7 Å². The molecule has 0 heterocycles. The Labute approximate surface area is 124 Å². The Kier molecular flexibility index (Phi) is 8.30. The fourth-order valence-corrected chi connectivity index (χ4v) is 1.94. The third-order valence-electron chi connectivity index (χ3n) is 2.68. The molecule has 1 aromatic carbocycles. The second-order valence-electron chi connectivity index (χ2n) is 5.07. The molecule has 0 amide bonds. The Morgan fingerprint density at radius 1 is 1.16 bits per heavy atom. The molecule has 1 aromatic rings. The molecule has 108 valence electrons. The Balaban J connectivity index is 2.33. The highest BCUT2D eigenvalue weighted by Crippen LogP contribution is 2.11.